The van der Waals surface area contributed by atoms with Gasteiger partial charge in [0.05, 0.1) is 40.4 Å². The van der Waals surface area contributed by atoms with Crippen molar-refractivity contribution < 1.29 is 4.79 Å². The zero-order chi connectivity index (χ0) is 28.8. The van der Waals surface area contributed by atoms with Crippen LogP contribution in [-0.2, 0) is 0 Å². The molecule has 3 N–H and O–H groups in total. The highest BCUT2D eigenvalue weighted by Gasteiger charge is 2.25. The predicted molar refractivity (Wildman–Crippen MR) is 157 cm³/mol. The standard InChI is InChI=1S/C31H25N9O2/c1-19(35-30(41)26-27(32)37-38-16-6-15-33-29(26)38)28-36-24-10-5-7-21(12-11-20-17-34-39(18-20)22-13-14-22)25(24)31(42)40(28)23-8-3-2-4-9-23/h2-10,15-19,22H,13-14H2,1H3,(H2,32,37)(H,35,41)/t19-/m0/s1. The van der Waals surface area contributed by atoms with Crippen molar-refractivity contribution in [2.75, 3.05) is 5.73 Å². The molecule has 42 heavy (non-hydrogen) atoms. The normalized spacial score (nSPS) is 13.5. The monoisotopic (exact) mass is 555 g/mol. The smallest absolute Gasteiger partial charge is 0.267 e. The largest absolute Gasteiger partial charge is 0.381 e. The zero-order valence-electron chi connectivity index (χ0n) is 22.6. The molecule has 0 unspecified atom stereocenters. The average Bonchev–Trinajstić information content (AvgIpc) is 3.64. The zero-order valence-corrected chi connectivity index (χ0v) is 22.6. The quantitative estimate of drug-likeness (QED) is 0.311. The number of amides is 1. The van der Waals surface area contributed by atoms with E-state index < -0.39 is 11.9 Å². The fourth-order valence-electron chi connectivity index (χ4n) is 5.00. The third kappa shape index (κ3) is 4.45. The average molecular weight is 556 g/mol. The molecule has 1 fully saturated rings. The first-order valence-corrected chi connectivity index (χ1v) is 13.5. The molecule has 1 atom stereocenters. The fraction of sp³-hybridized carbons (Fsp3) is 0.161. The Morgan fingerprint density at radius 1 is 1.10 bits per heavy atom. The number of carbonyl (C=O) groups excluding carboxylic acids is 1. The van der Waals surface area contributed by atoms with Crippen LogP contribution in [0.3, 0.4) is 0 Å². The molecular weight excluding hydrogens is 530 g/mol. The van der Waals surface area contributed by atoms with E-state index in [1.54, 1.807) is 37.6 Å². The molecule has 0 radical (unpaired) electrons. The summed E-state index contributed by atoms with van der Waals surface area (Å²) in [6.07, 6.45) is 9.17. The second-order valence-corrected chi connectivity index (χ2v) is 10.2. The van der Waals surface area contributed by atoms with Crippen LogP contribution in [-0.4, -0.2) is 39.8 Å². The van der Waals surface area contributed by atoms with E-state index in [-0.39, 0.29) is 16.9 Å². The molecule has 4 heterocycles. The maximum Gasteiger partial charge on any atom is 0.267 e. The summed E-state index contributed by atoms with van der Waals surface area (Å²) < 4.78 is 4.90. The van der Waals surface area contributed by atoms with Gasteiger partial charge in [0.2, 0.25) is 0 Å². The lowest BCUT2D eigenvalue weighted by Gasteiger charge is -2.20. The predicted octanol–water partition coefficient (Wildman–Crippen LogP) is 3.43. The van der Waals surface area contributed by atoms with Crippen molar-refractivity contribution in [2.24, 2.45) is 0 Å². The van der Waals surface area contributed by atoms with Gasteiger partial charge in [-0.3, -0.25) is 18.8 Å². The summed E-state index contributed by atoms with van der Waals surface area (Å²) in [5, 5.41) is 11.9. The van der Waals surface area contributed by atoms with E-state index in [0.717, 1.165) is 18.4 Å². The molecule has 206 valence electrons. The highest BCUT2D eigenvalue weighted by molar-refractivity contribution is 6.04. The molecule has 0 aliphatic heterocycles. The van der Waals surface area contributed by atoms with Crippen LogP contribution in [0.4, 0.5) is 5.82 Å². The summed E-state index contributed by atoms with van der Waals surface area (Å²) in [6, 6.07) is 16.1. The summed E-state index contributed by atoms with van der Waals surface area (Å²) >= 11 is 0. The van der Waals surface area contributed by atoms with Gasteiger partial charge in [-0.1, -0.05) is 36.1 Å². The summed E-state index contributed by atoms with van der Waals surface area (Å²) in [4.78, 5) is 36.8. The lowest BCUT2D eigenvalue weighted by molar-refractivity contribution is 0.0940. The Kier molecular flexibility index (Phi) is 6.01. The maximum atomic E-state index is 14.2. The van der Waals surface area contributed by atoms with Crippen molar-refractivity contribution in [1.82, 2.24) is 39.2 Å². The Balaban J connectivity index is 1.32. The molecule has 1 amide bonds. The number of fused-ring (bicyclic) bond motifs is 2. The lowest BCUT2D eigenvalue weighted by Crippen LogP contribution is -2.33. The molecule has 7 rings (SSSR count). The van der Waals surface area contributed by atoms with Crippen LogP contribution in [0.15, 0.2) is 84.2 Å². The second kappa shape index (κ2) is 10.0. The third-order valence-electron chi connectivity index (χ3n) is 7.19. The van der Waals surface area contributed by atoms with E-state index in [1.165, 1.54) is 9.08 Å². The van der Waals surface area contributed by atoms with Gasteiger partial charge in [-0.05, 0) is 50.1 Å². The van der Waals surface area contributed by atoms with E-state index in [0.29, 0.717) is 39.7 Å². The number of nitrogens with one attached hydrogen (secondary N) is 1. The summed E-state index contributed by atoms with van der Waals surface area (Å²) in [5.74, 6) is 6.24. The highest BCUT2D eigenvalue weighted by atomic mass is 16.2. The van der Waals surface area contributed by atoms with Crippen molar-refractivity contribution in [1.29, 1.82) is 0 Å². The number of benzene rings is 2. The van der Waals surface area contributed by atoms with Crippen LogP contribution in [0.25, 0.3) is 22.2 Å². The molecule has 0 bridgehead atoms. The van der Waals surface area contributed by atoms with Gasteiger partial charge in [0.1, 0.15) is 11.4 Å². The van der Waals surface area contributed by atoms with Crippen LogP contribution in [0.1, 0.15) is 59.2 Å². The first-order chi connectivity index (χ1) is 20.5. The number of nitrogens with two attached hydrogens (primary N) is 1. The number of nitrogens with zero attached hydrogens (tertiary/aromatic N) is 7. The molecule has 2 aromatic carbocycles. The molecule has 0 spiro atoms. The molecule has 11 nitrogen and oxygen atoms in total. The number of carbonyl (C=O) groups is 1. The lowest BCUT2D eigenvalue weighted by atomic mass is 10.1. The van der Waals surface area contributed by atoms with E-state index in [4.69, 9.17) is 10.7 Å². The van der Waals surface area contributed by atoms with Crippen molar-refractivity contribution in [3.05, 3.63) is 112 Å². The van der Waals surface area contributed by atoms with Gasteiger partial charge < -0.3 is 11.1 Å². The Bertz CT molecular complexity index is 2110. The Hall–Kier alpha value is -5.76. The molecule has 6 aromatic rings. The maximum absolute atomic E-state index is 14.2. The number of para-hydroxylation sites is 1. The Morgan fingerprint density at radius 3 is 2.74 bits per heavy atom. The van der Waals surface area contributed by atoms with Gasteiger partial charge in [0.15, 0.2) is 11.5 Å². The van der Waals surface area contributed by atoms with E-state index in [1.807, 2.05) is 53.3 Å². The van der Waals surface area contributed by atoms with Crippen molar-refractivity contribution >= 4 is 28.3 Å². The number of nitrogen functional groups attached to an aromatic ring is 1. The minimum Gasteiger partial charge on any atom is -0.381 e. The van der Waals surface area contributed by atoms with Crippen LogP contribution in [0.2, 0.25) is 0 Å². The van der Waals surface area contributed by atoms with Gasteiger partial charge in [-0.15, -0.1) is 5.10 Å². The number of hydrogen-bond donors (Lipinski definition) is 2. The summed E-state index contributed by atoms with van der Waals surface area (Å²) in [5.41, 5.74) is 8.69. The number of aromatic nitrogens is 7. The van der Waals surface area contributed by atoms with Crippen LogP contribution < -0.4 is 16.6 Å². The van der Waals surface area contributed by atoms with Crippen LogP contribution in [0.5, 0.6) is 0 Å². The van der Waals surface area contributed by atoms with Gasteiger partial charge in [0.25, 0.3) is 11.5 Å². The highest BCUT2D eigenvalue weighted by Crippen LogP contribution is 2.34. The Labute approximate surface area is 239 Å². The minimum atomic E-state index is -0.684. The molecule has 1 aliphatic rings. The van der Waals surface area contributed by atoms with Crippen LogP contribution >= 0.6 is 0 Å². The molecule has 0 saturated heterocycles. The van der Waals surface area contributed by atoms with Crippen molar-refractivity contribution in [2.45, 2.75) is 31.8 Å². The third-order valence-corrected chi connectivity index (χ3v) is 7.19. The topological polar surface area (TPSA) is 138 Å². The minimum absolute atomic E-state index is 0.0520. The first-order valence-electron chi connectivity index (χ1n) is 13.5. The fourth-order valence-corrected chi connectivity index (χ4v) is 5.00. The Morgan fingerprint density at radius 2 is 1.93 bits per heavy atom. The molecule has 11 heteroatoms. The van der Waals surface area contributed by atoms with E-state index in [9.17, 15) is 9.59 Å². The van der Waals surface area contributed by atoms with E-state index in [2.05, 4.69) is 32.3 Å². The molecule has 1 saturated carbocycles. The summed E-state index contributed by atoms with van der Waals surface area (Å²) in [6.45, 7) is 1.77. The number of rotatable bonds is 5. The van der Waals surface area contributed by atoms with Gasteiger partial charge in [-0.25, -0.2) is 14.5 Å². The molecule has 1 aliphatic carbocycles. The van der Waals surface area contributed by atoms with Crippen molar-refractivity contribution in [3.63, 3.8) is 0 Å². The van der Waals surface area contributed by atoms with E-state index >= 15 is 0 Å². The first kappa shape index (κ1) is 25.2. The van der Waals surface area contributed by atoms with Gasteiger partial charge >= 0.3 is 0 Å². The van der Waals surface area contributed by atoms with Gasteiger partial charge in [-0.2, -0.15) is 5.10 Å². The summed E-state index contributed by atoms with van der Waals surface area (Å²) in [7, 11) is 0. The molecular formula is C31H25N9O2. The SMILES string of the molecule is C[C@H](NC(=O)c1c(N)nn2cccnc12)c1nc2cccc(C#Cc3cnn(C4CC4)c3)c2c(=O)n1-c1ccccc1. The van der Waals surface area contributed by atoms with Crippen molar-refractivity contribution in [3.8, 4) is 17.5 Å². The van der Waals surface area contributed by atoms with Crippen LogP contribution in [0, 0.1) is 11.8 Å². The van der Waals surface area contributed by atoms with Gasteiger partial charge in [0, 0.05) is 24.2 Å². The molecule has 4 aromatic heterocycles. The number of anilines is 1. The number of hydrogen-bond acceptors (Lipinski definition) is 7. The second-order valence-electron chi connectivity index (χ2n) is 10.2.